The van der Waals surface area contributed by atoms with Crippen LogP contribution in [0.4, 0.5) is 0 Å². The second-order valence-electron chi connectivity index (χ2n) is 8.09. The van der Waals surface area contributed by atoms with E-state index in [4.69, 9.17) is 10.1 Å². The topological polar surface area (TPSA) is 71.2 Å². The number of rotatable bonds is 4. The number of carbonyl (C=O) groups is 1. The molecule has 1 aliphatic rings. The average molecular weight is 393 g/mol. The third kappa shape index (κ3) is 3.77. The molecule has 152 valence electrons. The number of hydrogen-bond donors (Lipinski definition) is 1. The van der Waals surface area contributed by atoms with Crippen molar-refractivity contribution in [3.05, 3.63) is 47.3 Å². The molecule has 0 saturated carbocycles. The van der Waals surface area contributed by atoms with Gasteiger partial charge in [0.05, 0.1) is 36.1 Å². The minimum atomic E-state index is 0.0290. The predicted octanol–water partition coefficient (Wildman–Crippen LogP) is 3.72. The van der Waals surface area contributed by atoms with E-state index in [-0.39, 0.29) is 18.6 Å². The Labute approximate surface area is 171 Å². The first-order valence-corrected chi connectivity index (χ1v) is 10.3. The Morgan fingerprint density at radius 3 is 2.83 bits per heavy atom. The van der Waals surface area contributed by atoms with Gasteiger partial charge < -0.3 is 10.0 Å². The van der Waals surface area contributed by atoms with E-state index in [0.29, 0.717) is 12.1 Å². The molecule has 0 spiro atoms. The summed E-state index contributed by atoms with van der Waals surface area (Å²) in [4.78, 5) is 20.5. The van der Waals surface area contributed by atoms with Gasteiger partial charge in [-0.1, -0.05) is 11.6 Å². The highest BCUT2D eigenvalue weighted by Crippen LogP contribution is 2.30. The molecule has 0 aliphatic carbocycles. The van der Waals surface area contributed by atoms with Crippen LogP contribution >= 0.6 is 0 Å². The van der Waals surface area contributed by atoms with E-state index < -0.39 is 0 Å². The summed E-state index contributed by atoms with van der Waals surface area (Å²) in [7, 11) is 0. The highest BCUT2D eigenvalue weighted by atomic mass is 16.3. The molecule has 29 heavy (non-hydrogen) atoms. The Bertz CT molecular complexity index is 1060. The maximum Gasteiger partial charge on any atom is 0.254 e. The van der Waals surface area contributed by atoms with Crippen LogP contribution in [0.25, 0.3) is 22.2 Å². The highest BCUT2D eigenvalue weighted by molar-refractivity contribution is 6.08. The van der Waals surface area contributed by atoms with Crippen LogP contribution in [0.5, 0.6) is 0 Å². The standard InChI is InChI=1S/C23H28N4O2/c1-15-10-16(2)22-19(11-15)20(23(29)27-7-5-4-6-17(27)3)12-21(25-22)18-13-24-26(14-18)8-9-28/h10-14,17,28H,4-9H2,1-3H3/t17-/m0/s1. The molecule has 1 aliphatic heterocycles. The van der Waals surface area contributed by atoms with Crippen LogP contribution in [0.2, 0.25) is 0 Å². The number of pyridine rings is 1. The monoisotopic (exact) mass is 392 g/mol. The van der Waals surface area contributed by atoms with Gasteiger partial charge in [-0.3, -0.25) is 9.48 Å². The maximum absolute atomic E-state index is 13.6. The van der Waals surface area contributed by atoms with Crippen molar-refractivity contribution in [1.29, 1.82) is 0 Å². The van der Waals surface area contributed by atoms with E-state index in [1.54, 1.807) is 10.9 Å². The zero-order valence-electron chi connectivity index (χ0n) is 17.4. The van der Waals surface area contributed by atoms with Crippen LogP contribution in [0.15, 0.2) is 30.6 Å². The van der Waals surface area contributed by atoms with Crippen molar-refractivity contribution in [1.82, 2.24) is 19.7 Å². The van der Waals surface area contributed by atoms with Crippen molar-refractivity contribution in [3.8, 4) is 11.3 Å². The third-order valence-electron chi connectivity index (χ3n) is 5.80. The summed E-state index contributed by atoms with van der Waals surface area (Å²) in [6, 6.07) is 6.33. The molecule has 6 nitrogen and oxygen atoms in total. The van der Waals surface area contributed by atoms with Gasteiger partial charge in [0.25, 0.3) is 5.91 Å². The summed E-state index contributed by atoms with van der Waals surface area (Å²) in [6.07, 6.45) is 6.89. The largest absolute Gasteiger partial charge is 0.394 e. The van der Waals surface area contributed by atoms with Gasteiger partial charge in [-0.05, 0) is 57.7 Å². The number of hydrogen-bond acceptors (Lipinski definition) is 4. The number of benzene rings is 1. The van der Waals surface area contributed by atoms with Crippen molar-refractivity contribution in [2.24, 2.45) is 0 Å². The predicted molar refractivity (Wildman–Crippen MR) is 114 cm³/mol. The van der Waals surface area contributed by atoms with Crippen molar-refractivity contribution in [2.45, 2.75) is 52.6 Å². The van der Waals surface area contributed by atoms with Gasteiger partial charge in [0.1, 0.15) is 0 Å². The number of aliphatic hydroxyl groups excluding tert-OH is 1. The first-order chi connectivity index (χ1) is 14.0. The van der Waals surface area contributed by atoms with Crippen LogP contribution < -0.4 is 0 Å². The summed E-state index contributed by atoms with van der Waals surface area (Å²) in [5.74, 6) is 0.0820. The Balaban J connectivity index is 1.87. The van der Waals surface area contributed by atoms with Crippen LogP contribution in [-0.2, 0) is 6.54 Å². The van der Waals surface area contributed by atoms with E-state index in [1.165, 1.54) is 6.42 Å². The van der Waals surface area contributed by atoms with Crippen molar-refractivity contribution in [3.63, 3.8) is 0 Å². The average Bonchev–Trinajstić information content (AvgIpc) is 3.16. The zero-order valence-corrected chi connectivity index (χ0v) is 17.4. The number of aliphatic hydroxyl groups is 1. The molecule has 0 unspecified atom stereocenters. The normalized spacial score (nSPS) is 17.1. The fraction of sp³-hybridized carbons (Fsp3) is 0.435. The molecule has 6 heteroatoms. The number of carbonyl (C=O) groups excluding carboxylic acids is 1. The second kappa shape index (κ2) is 7.95. The number of nitrogens with zero attached hydrogens (tertiary/aromatic N) is 4. The number of amides is 1. The quantitative estimate of drug-likeness (QED) is 0.735. The molecular formula is C23H28N4O2. The molecule has 4 rings (SSSR count). The Kier molecular flexibility index (Phi) is 5.37. The lowest BCUT2D eigenvalue weighted by Gasteiger charge is -2.33. The molecule has 1 saturated heterocycles. The van der Waals surface area contributed by atoms with Crippen molar-refractivity contribution < 1.29 is 9.90 Å². The number of aromatic nitrogens is 3. The minimum absolute atomic E-state index is 0.0290. The van der Waals surface area contributed by atoms with Gasteiger partial charge in [-0.2, -0.15) is 5.10 Å². The molecule has 0 bridgehead atoms. The van der Waals surface area contributed by atoms with Crippen LogP contribution in [0.1, 0.15) is 47.7 Å². The van der Waals surface area contributed by atoms with Crippen LogP contribution in [-0.4, -0.2) is 49.9 Å². The van der Waals surface area contributed by atoms with Crippen LogP contribution in [0.3, 0.4) is 0 Å². The van der Waals surface area contributed by atoms with Gasteiger partial charge in [0.2, 0.25) is 0 Å². The molecule has 1 aromatic carbocycles. The Morgan fingerprint density at radius 1 is 1.24 bits per heavy atom. The molecule has 3 heterocycles. The molecule has 2 aromatic heterocycles. The Morgan fingerprint density at radius 2 is 2.07 bits per heavy atom. The zero-order chi connectivity index (χ0) is 20.5. The number of aryl methyl sites for hydroxylation is 2. The molecule has 3 aromatic rings. The van der Waals surface area contributed by atoms with Crippen molar-refractivity contribution in [2.75, 3.05) is 13.2 Å². The number of likely N-dealkylation sites (tertiary alicyclic amines) is 1. The van der Waals surface area contributed by atoms with Gasteiger partial charge in [-0.15, -0.1) is 0 Å². The molecular weight excluding hydrogens is 364 g/mol. The van der Waals surface area contributed by atoms with Gasteiger partial charge in [0.15, 0.2) is 0 Å². The SMILES string of the molecule is Cc1cc(C)c2nc(-c3cnn(CCO)c3)cc(C(=O)N3CCCC[C@@H]3C)c2c1. The molecule has 1 atom stereocenters. The summed E-state index contributed by atoms with van der Waals surface area (Å²) >= 11 is 0. The summed E-state index contributed by atoms with van der Waals surface area (Å²) in [6.45, 7) is 7.50. The fourth-order valence-corrected chi connectivity index (χ4v) is 4.28. The van der Waals surface area contributed by atoms with Gasteiger partial charge in [-0.25, -0.2) is 4.98 Å². The van der Waals surface area contributed by atoms with Gasteiger partial charge in [0, 0.05) is 29.7 Å². The maximum atomic E-state index is 13.6. The number of piperidine rings is 1. The molecule has 1 amide bonds. The lowest BCUT2D eigenvalue weighted by molar-refractivity contribution is 0.0637. The summed E-state index contributed by atoms with van der Waals surface area (Å²) in [5, 5.41) is 14.4. The first-order valence-electron chi connectivity index (χ1n) is 10.3. The van der Waals surface area contributed by atoms with E-state index >= 15 is 0 Å². The van der Waals surface area contributed by atoms with Crippen molar-refractivity contribution >= 4 is 16.8 Å². The minimum Gasteiger partial charge on any atom is -0.394 e. The lowest BCUT2D eigenvalue weighted by Crippen LogP contribution is -2.42. The Hall–Kier alpha value is -2.73. The van der Waals surface area contributed by atoms with Gasteiger partial charge >= 0.3 is 0 Å². The second-order valence-corrected chi connectivity index (χ2v) is 8.09. The van der Waals surface area contributed by atoms with E-state index in [1.807, 2.05) is 24.1 Å². The highest BCUT2D eigenvalue weighted by Gasteiger charge is 2.26. The van der Waals surface area contributed by atoms with E-state index in [9.17, 15) is 4.79 Å². The summed E-state index contributed by atoms with van der Waals surface area (Å²) < 4.78 is 1.69. The summed E-state index contributed by atoms with van der Waals surface area (Å²) in [5.41, 5.74) is 5.34. The first kappa shape index (κ1) is 19.6. The fourth-order valence-electron chi connectivity index (χ4n) is 4.28. The van der Waals surface area contributed by atoms with E-state index in [0.717, 1.165) is 52.7 Å². The smallest absolute Gasteiger partial charge is 0.254 e. The third-order valence-corrected chi connectivity index (χ3v) is 5.80. The number of fused-ring (bicyclic) bond motifs is 1. The van der Waals surface area contributed by atoms with Crippen LogP contribution in [0, 0.1) is 13.8 Å². The lowest BCUT2D eigenvalue weighted by atomic mass is 9.97. The molecule has 0 radical (unpaired) electrons. The van der Waals surface area contributed by atoms with E-state index in [2.05, 4.69) is 31.1 Å². The molecule has 1 N–H and O–H groups in total. The molecule has 1 fully saturated rings.